The van der Waals surface area contributed by atoms with Crippen LogP contribution in [0.1, 0.15) is 187 Å². The Kier molecular flexibility index (Phi) is 35.5. The second-order valence-corrected chi connectivity index (χ2v) is 18.0. The normalized spacial score (nSPS) is 22.3. The minimum absolute atomic E-state index is 0.0448. The van der Waals surface area contributed by atoms with Gasteiger partial charge >= 0.3 is 19.8 Å². The minimum atomic E-state index is -5.13. The number of phosphoric ester groups is 1. The molecule has 1 fully saturated rings. The van der Waals surface area contributed by atoms with E-state index < -0.39 is 75.7 Å². The first-order valence-corrected chi connectivity index (χ1v) is 25.4. The molecule has 0 heterocycles. The average Bonchev–Trinajstić information content (AvgIpc) is 3.25. The number of aliphatic hydroxyl groups is 5. The lowest BCUT2D eigenvalue weighted by atomic mass is 9.85. The molecule has 0 aromatic rings. The van der Waals surface area contributed by atoms with Crippen LogP contribution in [0.3, 0.4) is 0 Å². The van der Waals surface area contributed by atoms with Gasteiger partial charge in [0.2, 0.25) is 0 Å². The van der Waals surface area contributed by atoms with E-state index in [9.17, 15) is 44.6 Å². The van der Waals surface area contributed by atoms with E-state index in [-0.39, 0.29) is 12.8 Å². The Bertz CT molecular complexity index is 1270. The van der Waals surface area contributed by atoms with E-state index in [0.717, 1.165) is 57.8 Å². The number of allylic oxidation sites excluding steroid dienone is 8. The molecule has 8 atom stereocenters. The molecule has 6 N–H and O–H groups in total. The zero-order valence-electron chi connectivity index (χ0n) is 38.2. The van der Waals surface area contributed by atoms with Gasteiger partial charge in [-0.25, -0.2) is 4.57 Å². The number of hydrogen-bond acceptors (Lipinski definition) is 12. The molecular formula is C48H85O13P. The number of carbonyl (C=O) groups is 2. The molecule has 1 aliphatic rings. The molecule has 0 amide bonds. The van der Waals surface area contributed by atoms with Crippen molar-refractivity contribution in [2.75, 3.05) is 13.2 Å². The van der Waals surface area contributed by atoms with Crippen molar-refractivity contribution in [3.05, 3.63) is 48.6 Å². The van der Waals surface area contributed by atoms with Gasteiger partial charge in [-0.1, -0.05) is 172 Å². The monoisotopic (exact) mass is 901 g/mol. The summed E-state index contributed by atoms with van der Waals surface area (Å²) in [7, 11) is -5.13. The lowest BCUT2D eigenvalue weighted by Gasteiger charge is -2.41. The smallest absolute Gasteiger partial charge is 0.462 e. The molecule has 0 spiro atoms. The Morgan fingerprint density at radius 2 is 0.919 bits per heavy atom. The van der Waals surface area contributed by atoms with Gasteiger partial charge in [0.25, 0.3) is 0 Å². The largest absolute Gasteiger partial charge is 0.472 e. The maximum Gasteiger partial charge on any atom is 0.472 e. The molecular weight excluding hydrogens is 815 g/mol. The second-order valence-electron chi connectivity index (χ2n) is 16.6. The number of esters is 2. The summed E-state index contributed by atoms with van der Waals surface area (Å²) in [6.07, 6.45) is 31.7. The molecule has 0 saturated heterocycles. The molecule has 1 aliphatic carbocycles. The predicted octanol–water partition coefficient (Wildman–Crippen LogP) is 9.56. The molecule has 1 saturated carbocycles. The third kappa shape index (κ3) is 30.0. The quantitative estimate of drug-likeness (QED) is 0.0147. The van der Waals surface area contributed by atoms with Crippen LogP contribution in [0.2, 0.25) is 0 Å². The zero-order chi connectivity index (χ0) is 45.7. The number of ether oxygens (including phenoxy) is 2. The Morgan fingerprint density at radius 3 is 1.40 bits per heavy atom. The SMILES string of the molecule is CC/C=C/C/C=C/C/C=C/C/C=C/CCCCC(=O)O[C@@H](COC(=O)CCCCCCCCCCCCCCCCCCCC)COP(=O)(O)OC1C(O)C(O)C(O)[C@H](O)C1O. The van der Waals surface area contributed by atoms with Gasteiger partial charge in [-0.05, 0) is 51.4 Å². The van der Waals surface area contributed by atoms with E-state index in [1.807, 2.05) is 0 Å². The van der Waals surface area contributed by atoms with Crippen LogP contribution in [0.25, 0.3) is 0 Å². The maximum absolute atomic E-state index is 12.8. The van der Waals surface area contributed by atoms with E-state index >= 15 is 0 Å². The fraction of sp³-hybridized carbons (Fsp3) is 0.792. The van der Waals surface area contributed by atoms with Crippen molar-refractivity contribution in [3.8, 4) is 0 Å². The van der Waals surface area contributed by atoms with Gasteiger partial charge in [-0.3, -0.25) is 18.6 Å². The Hall–Kier alpha value is -2.19. The second kappa shape index (κ2) is 38.1. The number of aliphatic hydroxyl groups excluding tert-OH is 5. The summed E-state index contributed by atoms with van der Waals surface area (Å²) in [5.74, 6) is -1.14. The van der Waals surface area contributed by atoms with Crippen molar-refractivity contribution in [1.29, 1.82) is 0 Å². The topological polar surface area (TPSA) is 210 Å². The highest BCUT2D eigenvalue weighted by Crippen LogP contribution is 2.47. The van der Waals surface area contributed by atoms with E-state index in [1.165, 1.54) is 89.9 Å². The van der Waals surface area contributed by atoms with Crippen LogP contribution >= 0.6 is 7.82 Å². The highest BCUT2D eigenvalue weighted by atomic mass is 31.2. The average molecular weight is 901 g/mol. The molecule has 13 nitrogen and oxygen atoms in total. The van der Waals surface area contributed by atoms with Gasteiger partial charge in [0.1, 0.15) is 43.2 Å². The Labute approximate surface area is 373 Å². The van der Waals surface area contributed by atoms with Crippen molar-refractivity contribution >= 4 is 19.8 Å². The fourth-order valence-corrected chi connectivity index (χ4v) is 8.07. The van der Waals surface area contributed by atoms with E-state index in [4.69, 9.17) is 18.5 Å². The third-order valence-corrected chi connectivity index (χ3v) is 11.9. The molecule has 6 unspecified atom stereocenters. The maximum atomic E-state index is 12.8. The first-order chi connectivity index (χ1) is 29.9. The number of phosphoric acid groups is 1. The van der Waals surface area contributed by atoms with Gasteiger partial charge in [-0.15, -0.1) is 0 Å². The van der Waals surface area contributed by atoms with E-state index in [1.54, 1.807) is 0 Å². The molecule has 0 aromatic carbocycles. The lowest BCUT2D eigenvalue weighted by Crippen LogP contribution is -2.64. The summed E-state index contributed by atoms with van der Waals surface area (Å²) in [5, 5.41) is 50.2. The molecule has 1 rings (SSSR count). The minimum Gasteiger partial charge on any atom is -0.462 e. The Morgan fingerprint density at radius 1 is 0.516 bits per heavy atom. The summed E-state index contributed by atoms with van der Waals surface area (Å²) in [6.45, 7) is 3.16. The number of carbonyl (C=O) groups excluding carboxylic acids is 2. The van der Waals surface area contributed by atoms with Crippen LogP contribution in [0.15, 0.2) is 48.6 Å². The fourth-order valence-electron chi connectivity index (χ4n) is 7.10. The van der Waals surface area contributed by atoms with E-state index in [2.05, 4.69) is 62.5 Å². The Balaban J connectivity index is 2.45. The van der Waals surface area contributed by atoms with Crippen LogP contribution in [-0.4, -0.2) is 98.3 Å². The first kappa shape index (κ1) is 57.8. The summed E-state index contributed by atoms with van der Waals surface area (Å²) in [5.41, 5.74) is 0. The van der Waals surface area contributed by atoms with Gasteiger partial charge < -0.3 is 39.9 Å². The molecule has 0 aromatic heterocycles. The first-order valence-electron chi connectivity index (χ1n) is 23.9. The number of rotatable bonds is 39. The van der Waals surface area contributed by atoms with Crippen LogP contribution in [0.5, 0.6) is 0 Å². The van der Waals surface area contributed by atoms with Crippen LogP contribution in [0, 0.1) is 0 Å². The summed E-state index contributed by atoms with van der Waals surface area (Å²) >= 11 is 0. The van der Waals surface area contributed by atoms with Gasteiger partial charge in [0, 0.05) is 12.8 Å². The van der Waals surface area contributed by atoms with E-state index in [0.29, 0.717) is 12.8 Å². The van der Waals surface area contributed by atoms with Crippen molar-refractivity contribution in [3.63, 3.8) is 0 Å². The summed E-state index contributed by atoms with van der Waals surface area (Å²) in [4.78, 5) is 35.7. The zero-order valence-corrected chi connectivity index (χ0v) is 39.0. The van der Waals surface area contributed by atoms with Crippen molar-refractivity contribution in [2.24, 2.45) is 0 Å². The lowest BCUT2D eigenvalue weighted by molar-refractivity contribution is -0.220. The standard InChI is InChI=1S/C48H85O13P/c1-3-5-7-9-11-13-15-17-19-20-21-23-24-26-28-30-32-34-36-41(49)58-38-40(39-59-62(56,57)61-48-46(54)44(52)43(51)45(53)47(48)55)60-42(50)37-35-33-31-29-27-25-22-18-16-14-12-10-8-6-4-2/h6,8,12,14,18,22,27,29,40,43-48,51-55H,3-5,7,9-11,13,15-17,19-21,23-26,28,30-39H2,1-2H3,(H,56,57)/b8-6+,14-12+,22-18+,29-27+/t40-,43?,44-,45?,46?,47?,48?/m0/s1. The van der Waals surface area contributed by atoms with Crippen LogP contribution in [-0.2, 0) is 32.7 Å². The summed E-state index contributed by atoms with van der Waals surface area (Å²) < 4.78 is 33.5. The molecule has 360 valence electrons. The molecule has 0 bridgehead atoms. The molecule has 0 aliphatic heterocycles. The van der Waals surface area contributed by atoms with Gasteiger partial charge in [0.15, 0.2) is 6.10 Å². The van der Waals surface area contributed by atoms with Crippen molar-refractivity contribution in [2.45, 2.75) is 230 Å². The molecule has 0 radical (unpaired) electrons. The van der Waals surface area contributed by atoms with Crippen molar-refractivity contribution in [1.82, 2.24) is 0 Å². The van der Waals surface area contributed by atoms with Gasteiger partial charge in [0.05, 0.1) is 6.61 Å². The van der Waals surface area contributed by atoms with Crippen LogP contribution < -0.4 is 0 Å². The molecule has 14 heteroatoms. The third-order valence-electron chi connectivity index (χ3n) is 10.9. The van der Waals surface area contributed by atoms with Crippen molar-refractivity contribution < 1.29 is 63.1 Å². The predicted molar refractivity (Wildman–Crippen MR) is 244 cm³/mol. The highest BCUT2D eigenvalue weighted by molar-refractivity contribution is 7.47. The van der Waals surface area contributed by atoms with Gasteiger partial charge in [-0.2, -0.15) is 0 Å². The highest BCUT2D eigenvalue weighted by Gasteiger charge is 2.51. The summed E-state index contributed by atoms with van der Waals surface area (Å²) in [6, 6.07) is 0. The number of unbranched alkanes of at least 4 members (excludes halogenated alkanes) is 19. The molecule has 62 heavy (non-hydrogen) atoms. The van der Waals surface area contributed by atoms with Crippen LogP contribution in [0.4, 0.5) is 0 Å². The number of hydrogen-bond donors (Lipinski definition) is 6.